The fourth-order valence-electron chi connectivity index (χ4n) is 6.61. The van der Waals surface area contributed by atoms with Crippen molar-refractivity contribution in [1.29, 1.82) is 0 Å². The Morgan fingerprint density at radius 1 is 0.525 bits per heavy atom. The Labute approximate surface area is 262 Å². The van der Waals surface area contributed by atoms with Crippen LogP contribution in [-0.4, -0.2) is 8.07 Å². The molecule has 200 valence electrons. The first-order valence-electron chi connectivity index (χ1n) is 13.6. The van der Waals surface area contributed by atoms with Crippen LogP contribution in [0.1, 0.15) is 25.0 Å². The predicted molar refractivity (Wildman–Crippen MR) is 178 cm³/mol. The van der Waals surface area contributed by atoms with Crippen LogP contribution in [-0.2, 0) is 39.0 Å². The number of hydrogen-bond acceptors (Lipinski definition) is 0. The van der Waals surface area contributed by atoms with Gasteiger partial charge in [0.25, 0.3) is 0 Å². The zero-order chi connectivity index (χ0) is 25.6. The first kappa shape index (κ1) is 31.7. The molecule has 6 rings (SSSR count). The molecule has 0 bridgehead atoms. The smallest absolute Gasteiger partial charge is 0.358 e. The standard InChI is InChI=1S/C36H34Si.2CH3.Zr/c1-5-25-23-29-19-13-21-31(27-15-9-7-10-16-27)33(29)35(25)37(3,4)36-26(6-2)24-30-20-14-22-32(34(30)36)28-17-11-8-12-18-28;;;/h7-24H,5-6H2,1-4H3;2*1H3;/q-2;2*-1;+4. The third-order valence-corrected chi connectivity index (χ3v) is 11.8. The summed E-state index contributed by atoms with van der Waals surface area (Å²) < 4.78 is 0. The second-order valence-electron chi connectivity index (χ2n) is 10.7. The van der Waals surface area contributed by atoms with E-state index in [2.05, 4.69) is 136 Å². The van der Waals surface area contributed by atoms with Crippen molar-refractivity contribution in [2.75, 3.05) is 0 Å². The van der Waals surface area contributed by atoms with Crippen LogP contribution in [0.3, 0.4) is 0 Å². The van der Waals surface area contributed by atoms with Gasteiger partial charge in [0.1, 0.15) is 0 Å². The number of hydrogen-bond donors (Lipinski definition) is 0. The topological polar surface area (TPSA) is 0 Å². The monoisotopic (exact) mass is 614 g/mol. The van der Waals surface area contributed by atoms with E-state index in [1.807, 2.05) is 0 Å². The summed E-state index contributed by atoms with van der Waals surface area (Å²) in [5, 5.41) is 8.94. The van der Waals surface area contributed by atoms with Crippen molar-refractivity contribution in [1.82, 2.24) is 0 Å². The van der Waals surface area contributed by atoms with Crippen molar-refractivity contribution in [3.63, 3.8) is 0 Å². The molecule has 0 fully saturated rings. The summed E-state index contributed by atoms with van der Waals surface area (Å²) in [5.74, 6) is 0. The Kier molecular flexibility index (Phi) is 10.2. The number of rotatable bonds is 6. The van der Waals surface area contributed by atoms with E-state index in [1.165, 1.54) is 54.9 Å². The molecule has 0 saturated carbocycles. The van der Waals surface area contributed by atoms with Gasteiger partial charge in [-0.05, 0) is 24.0 Å². The Balaban J connectivity index is 0.00000147. The van der Waals surface area contributed by atoms with Crippen LogP contribution in [0.4, 0.5) is 0 Å². The number of benzene rings is 4. The molecule has 0 nitrogen and oxygen atoms in total. The fraction of sp³-hybridized carbons (Fsp3) is 0.158. The molecule has 2 heteroatoms. The number of fused-ring (bicyclic) bond motifs is 2. The van der Waals surface area contributed by atoms with E-state index in [1.54, 1.807) is 10.4 Å². The van der Waals surface area contributed by atoms with Crippen LogP contribution in [0, 0.1) is 14.9 Å². The third kappa shape index (κ3) is 5.17. The maximum atomic E-state index is 2.60. The van der Waals surface area contributed by atoms with Gasteiger partial charge in [0, 0.05) is 8.07 Å². The molecule has 0 aliphatic rings. The molecule has 6 aromatic rings. The average molecular weight is 616 g/mol. The molecule has 6 aromatic carbocycles. The van der Waals surface area contributed by atoms with Gasteiger partial charge in [-0.3, -0.25) is 0 Å². The van der Waals surface area contributed by atoms with Crippen molar-refractivity contribution in [2.45, 2.75) is 39.8 Å². The van der Waals surface area contributed by atoms with Crippen LogP contribution in [0.2, 0.25) is 13.1 Å². The van der Waals surface area contributed by atoms with E-state index in [0.717, 1.165) is 12.8 Å². The van der Waals surface area contributed by atoms with Crippen molar-refractivity contribution < 1.29 is 26.2 Å². The van der Waals surface area contributed by atoms with Crippen LogP contribution in [0.5, 0.6) is 0 Å². The van der Waals surface area contributed by atoms with Crippen molar-refractivity contribution in [3.8, 4) is 22.3 Å². The van der Waals surface area contributed by atoms with Gasteiger partial charge in [-0.2, -0.15) is 10.4 Å². The normalized spacial score (nSPS) is 11.1. The molecule has 0 N–H and O–H groups in total. The minimum Gasteiger partial charge on any atom is -0.358 e. The first-order valence-corrected chi connectivity index (χ1v) is 16.6. The molecular formula is C38H40SiZr. The van der Waals surface area contributed by atoms with Crippen LogP contribution < -0.4 is 10.4 Å². The summed E-state index contributed by atoms with van der Waals surface area (Å²) in [5.41, 5.74) is 8.38. The van der Waals surface area contributed by atoms with Crippen LogP contribution >= 0.6 is 0 Å². The maximum Gasteiger partial charge on any atom is 4.00 e. The molecule has 0 unspecified atom stereocenters. The largest absolute Gasteiger partial charge is 4.00 e. The molecule has 40 heavy (non-hydrogen) atoms. The van der Waals surface area contributed by atoms with E-state index in [9.17, 15) is 0 Å². The minimum atomic E-state index is -2.14. The van der Waals surface area contributed by atoms with Gasteiger partial charge in [-0.1, -0.05) is 111 Å². The Morgan fingerprint density at radius 3 is 1.25 bits per heavy atom. The van der Waals surface area contributed by atoms with E-state index < -0.39 is 8.07 Å². The van der Waals surface area contributed by atoms with Gasteiger partial charge < -0.3 is 14.9 Å². The SMILES string of the molecule is CCc1[cH-]c2cccc(-c3ccccc3)c2c1[Si](C)(C)c1c(CC)[cH-]c2cccc(-c3ccccc3)c12.[CH3-].[CH3-].[Zr+4]. The van der Waals surface area contributed by atoms with E-state index >= 15 is 0 Å². The molecule has 0 radical (unpaired) electrons. The Morgan fingerprint density at radius 2 is 0.900 bits per heavy atom. The summed E-state index contributed by atoms with van der Waals surface area (Å²) in [6, 6.07) is 40.6. The molecule has 0 atom stereocenters. The van der Waals surface area contributed by atoms with Gasteiger partial charge in [0.2, 0.25) is 0 Å². The second-order valence-corrected chi connectivity index (χ2v) is 14.9. The quantitative estimate of drug-likeness (QED) is 0.129. The summed E-state index contributed by atoms with van der Waals surface area (Å²) in [6.07, 6.45) is 2.11. The molecular weight excluding hydrogens is 576 g/mol. The van der Waals surface area contributed by atoms with Gasteiger partial charge in [0.05, 0.1) is 0 Å². The zero-order valence-corrected chi connectivity index (χ0v) is 28.3. The Hall–Kier alpha value is -2.80. The van der Waals surface area contributed by atoms with E-state index in [-0.39, 0.29) is 41.1 Å². The summed E-state index contributed by atoms with van der Waals surface area (Å²) in [7, 11) is -2.14. The van der Waals surface area contributed by atoms with Crippen molar-refractivity contribution >= 4 is 40.0 Å². The molecule has 0 spiro atoms. The molecule has 0 amide bonds. The fourth-order valence-corrected chi connectivity index (χ4v) is 10.8. The molecule has 0 heterocycles. The summed E-state index contributed by atoms with van der Waals surface area (Å²) in [4.78, 5) is 0. The van der Waals surface area contributed by atoms with Crippen molar-refractivity contribution in [2.24, 2.45) is 0 Å². The molecule has 0 saturated heterocycles. The van der Waals surface area contributed by atoms with E-state index in [0.29, 0.717) is 0 Å². The van der Waals surface area contributed by atoms with Gasteiger partial charge in [-0.15, -0.1) is 69.1 Å². The Bertz CT molecular complexity index is 1570. The summed E-state index contributed by atoms with van der Waals surface area (Å²) in [6.45, 7) is 9.84. The summed E-state index contributed by atoms with van der Waals surface area (Å²) >= 11 is 0. The molecule has 0 aromatic heterocycles. The average Bonchev–Trinajstić information content (AvgIpc) is 3.53. The maximum absolute atomic E-state index is 2.60. The predicted octanol–water partition coefficient (Wildman–Crippen LogP) is 9.61. The van der Waals surface area contributed by atoms with Gasteiger partial charge >= 0.3 is 26.2 Å². The molecule has 0 aliphatic heterocycles. The van der Waals surface area contributed by atoms with E-state index in [4.69, 9.17) is 0 Å². The third-order valence-electron chi connectivity index (χ3n) is 8.18. The zero-order valence-electron chi connectivity index (χ0n) is 24.8. The van der Waals surface area contributed by atoms with Crippen LogP contribution in [0.15, 0.2) is 109 Å². The second kappa shape index (κ2) is 12.8. The van der Waals surface area contributed by atoms with Crippen molar-refractivity contribution in [3.05, 3.63) is 135 Å². The van der Waals surface area contributed by atoms with Crippen LogP contribution in [0.25, 0.3) is 43.8 Å². The minimum absolute atomic E-state index is 0. The molecule has 0 aliphatic carbocycles. The first-order chi connectivity index (χ1) is 18.0. The van der Waals surface area contributed by atoms with Gasteiger partial charge in [0.15, 0.2) is 0 Å². The number of aryl methyl sites for hydroxylation is 2. The van der Waals surface area contributed by atoms with Gasteiger partial charge in [-0.25, -0.2) is 0 Å².